The van der Waals surface area contributed by atoms with Gasteiger partial charge in [0.25, 0.3) is 23.0 Å². The van der Waals surface area contributed by atoms with Crippen molar-refractivity contribution in [3.63, 3.8) is 0 Å². The fourth-order valence-electron chi connectivity index (χ4n) is 1.87. The van der Waals surface area contributed by atoms with Gasteiger partial charge in [0, 0.05) is 15.4 Å². The smallest absolute Gasteiger partial charge is 0.422 e. The van der Waals surface area contributed by atoms with Gasteiger partial charge in [0.2, 0.25) is 11.4 Å². The molecule has 0 aliphatic heterocycles. The molecule has 3 rings (SSSR count). The Morgan fingerprint density at radius 2 is 1.27 bits per heavy atom. The van der Waals surface area contributed by atoms with Crippen molar-refractivity contribution in [1.82, 2.24) is 25.8 Å². The van der Waals surface area contributed by atoms with Crippen LogP contribution in [0.2, 0.25) is 0 Å². The lowest BCUT2D eigenvalue weighted by Gasteiger charge is -1.95. The van der Waals surface area contributed by atoms with Crippen LogP contribution in [0.4, 0.5) is 11.6 Å². The fourth-order valence-corrected chi connectivity index (χ4v) is 1.87. The molecule has 156 valence electrons. The highest BCUT2D eigenvalue weighted by Crippen LogP contribution is 2.34. The van der Waals surface area contributed by atoms with Gasteiger partial charge < -0.3 is 15.6 Å². The molecule has 0 aromatic carbocycles. The van der Waals surface area contributed by atoms with E-state index in [4.69, 9.17) is 0 Å². The van der Waals surface area contributed by atoms with Gasteiger partial charge in [-0.15, -0.1) is 0 Å². The van der Waals surface area contributed by atoms with Crippen LogP contribution in [0.1, 0.15) is 0 Å². The quantitative estimate of drug-likeness (QED) is 0.104. The highest BCUT2D eigenvalue weighted by molar-refractivity contribution is 5.79. The number of nitro groups is 2. The summed E-state index contributed by atoms with van der Waals surface area (Å²) in [5, 5.41) is 78.6. The maximum absolute atomic E-state index is 12.0. The maximum Gasteiger partial charge on any atom is 0.422 e. The lowest BCUT2D eigenvalue weighted by molar-refractivity contribution is -0.793. The molecular formula is C8H4N12O10. The Balaban J connectivity index is 2.06. The standard InChI is InChI=1S/C8H4N12O10/c21-16(1-18(23)24)9-7-4(11-28-14-7)3-6(20(27)30-13-3)5-8(15-29-12-5)10-17(22)2-19(25)26/h1-2H2. The molecule has 3 aromatic rings. The van der Waals surface area contributed by atoms with Gasteiger partial charge in [-0.3, -0.25) is 24.9 Å². The van der Waals surface area contributed by atoms with Crippen LogP contribution in [0.25, 0.3) is 22.8 Å². The molecule has 3 heterocycles. The third kappa shape index (κ3) is 4.05. The molecule has 0 unspecified atom stereocenters. The van der Waals surface area contributed by atoms with Crippen LogP contribution >= 0.6 is 0 Å². The van der Waals surface area contributed by atoms with Gasteiger partial charge in [-0.1, -0.05) is 0 Å². The molecule has 3 aromatic heterocycles. The van der Waals surface area contributed by atoms with Crippen LogP contribution < -0.4 is 4.90 Å². The molecule has 0 saturated carbocycles. The minimum Gasteiger partial charge on any atom is -0.595 e. The molecule has 0 aliphatic rings. The SMILES string of the molecule is O=[N+]([O-])C[N+]([O-])=Nc1nonc1-c1no[n+]([O-])c1-c1nonc1N=[N+]([O-])C[N+](=O)[O-]. The summed E-state index contributed by atoms with van der Waals surface area (Å²) >= 11 is 0. The monoisotopic (exact) mass is 428 g/mol. The number of hydrogen-bond acceptors (Lipinski definition) is 17. The first-order chi connectivity index (χ1) is 14.3. The molecule has 0 fully saturated rings. The topological polar surface area (TPSA) is 294 Å². The molecule has 0 radical (unpaired) electrons. The van der Waals surface area contributed by atoms with Gasteiger partial charge in [0.1, 0.15) is 0 Å². The number of rotatable bonds is 8. The highest BCUT2D eigenvalue weighted by atomic mass is 16.8. The maximum atomic E-state index is 12.0. The van der Waals surface area contributed by atoms with Crippen LogP contribution in [0.15, 0.2) is 24.1 Å². The van der Waals surface area contributed by atoms with Crippen molar-refractivity contribution in [2.45, 2.75) is 0 Å². The van der Waals surface area contributed by atoms with E-state index in [1.54, 1.807) is 0 Å². The van der Waals surface area contributed by atoms with Crippen molar-refractivity contribution in [3.05, 3.63) is 35.9 Å². The van der Waals surface area contributed by atoms with Crippen molar-refractivity contribution < 1.29 is 38.4 Å². The van der Waals surface area contributed by atoms with Crippen molar-refractivity contribution >= 4 is 11.6 Å². The molecule has 0 bridgehead atoms. The Hall–Kier alpha value is -5.18. The summed E-state index contributed by atoms with van der Waals surface area (Å²) in [5.74, 6) is -1.30. The minimum atomic E-state index is -1.26. The summed E-state index contributed by atoms with van der Waals surface area (Å²) in [4.78, 5) is 17.8. The van der Waals surface area contributed by atoms with Crippen LogP contribution in [0.3, 0.4) is 0 Å². The van der Waals surface area contributed by atoms with Gasteiger partial charge in [-0.2, -0.15) is 0 Å². The Morgan fingerprint density at radius 3 is 1.80 bits per heavy atom. The van der Waals surface area contributed by atoms with E-state index in [9.17, 15) is 35.9 Å². The Bertz CT molecular complexity index is 1160. The lowest BCUT2D eigenvalue weighted by atomic mass is 10.2. The predicted octanol–water partition coefficient (Wildman–Crippen LogP) is -0.936. The molecule has 22 nitrogen and oxygen atoms in total. The molecule has 0 saturated heterocycles. The molecular weight excluding hydrogens is 424 g/mol. The van der Waals surface area contributed by atoms with Crippen LogP contribution in [0.5, 0.6) is 0 Å². The zero-order chi connectivity index (χ0) is 21.8. The summed E-state index contributed by atoms with van der Waals surface area (Å²) in [6, 6.07) is 0. The second-order valence-corrected chi connectivity index (χ2v) is 4.85. The van der Waals surface area contributed by atoms with E-state index in [0.717, 1.165) is 0 Å². The van der Waals surface area contributed by atoms with Gasteiger partial charge in [0.15, 0.2) is 0 Å². The first-order valence-corrected chi connectivity index (χ1v) is 7.08. The third-order valence-corrected chi connectivity index (χ3v) is 2.89. The van der Waals surface area contributed by atoms with E-state index in [0.29, 0.717) is 0 Å². The highest BCUT2D eigenvalue weighted by Gasteiger charge is 2.35. The molecule has 30 heavy (non-hydrogen) atoms. The summed E-state index contributed by atoms with van der Waals surface area (Å²) in [7, 11) is 0. The van der Waals surface area contributed by atoms with E-state index in [2.05, 4.69) is 49.9 Å². The van der Waals surface area contributed by atoms with Gasteiger partial charge in [0.05, 0.1) is 9.85 Å². The summed E-state index contributed by atoms with van der Waals surface area (Å²) < 4.78 is 13.2. The summed E-state index contributed by atoms with van der Waals surface area (Å²) in [5.41, 5.74) is -2.21. The molecule has 0 amide bonds. The van der Waals surface area contributed by atoms with Crippen molar-refractivity contribution in [3.8, 4) is 22.8 Å². The number of aromatic nitrogens is 6. The summed E-state index contributed by atoms with van der Waals surface area (Å²) in [6.45, 7) is -2.50. The molecule has 0 N–H and O–H groups in total. The molecule has 0 spiro atoms. The van der Waals surface area contributed by atoms with Gasteiger partial charge in [-0.25, -0.2) is 9.26 Å². The number of nitrogens with zero attached hydrogens (tertiary/aromatic N) is 12. The lowest BCUT2D eigenvalue weighted by Crippen LogP contribution is -2.25. The third-order valence-electron chi connectivity index (χ3n) is 2.89. The Kier molecular flexibility index (Phi) is 5.11. The second kappa shape index (κ2) is 7.82. The number of hydroxylamine groups is 2. The fraction of sp³-hybridized carbons (Fsp3) is 0.250. The van der Waals surface area contributed by atoms with Crippen molar-refractivity contribution in [1.29, 1.82) is 0 Å². The number of azo groups is 2. The van der Waals surface area contributed by atoms with Crippen LogP contribution in [-0.2, 0) is 0 Å². The predicted molar refractivity (Wildman–Crippen MR) is 77.2 cm³/mol. The van der Waals surface area contributed by atoms with Crippen LogP contribution in [0, 0.1) is 35.9 Å². The van der Waals surface area contributed by atoms with Gasteiger partial charge >= 0.3 is 13.3 Å². The second-order valence-electron chi connectivity index (χ2n) is 4.85. The van der Waals surface area contributed by atoms with E-state index in [-0.39, 0.29) is 14.6 Å². The summed E-state index contributed by atoms with van der Waals surface area (Å²) in [6.07, 6.45) is 0. The van der Waals surface area contributed by atoms with E-state index < -0.39 is 57.6 Å². The normalized spacial score (nSPS) is 12.3. The van der Waals surface area contributed by atoms with Crippen molar-refractivity contribution in [2.24, 2.45) is 10.2 Å². The van der Waals surface area contributed by atoms with Crippen molar-refractivity contribution in [2.75, 3.05) is 13.3 Å². The minimum absolute atomic E-state index is 0.249. The first kappa shape index (κ1) is 19.6. The molecule has 0 aliphatic carbocycles. The zero-order valence-corrected chi connectivity index (χ0v) is 13.9. The first-order valence-electron chi connectivity index (χ1n) is 7.08. The van der Waals surface area contributed by atoms with Crippen LogP contribution in [-0.4, -0.2) is 58.7 Å². The zero-order valence-electron chi connectivity index (χ0n) is 13.9. The van der Waals surface area contributed by atoms with E-state index in [1.165, 1.54) is 0 Å². The van der Waals surface area contributed by atoms with E-state index >= 15 is 0 Å². The average Bonchev–Trinajstić information content (AvgIpc) is 3.33. The Morgan fingerprint density at radius 1 is 0.767 bits per heavy atom. The van der Waals surface area contributed by atoms with Gasteiger partial charge in [-0.05, 0) is 35.3 Å². The molecule has 0 atom stereocenters. The number of hydrogen-bond donors (Lipinski definition) is 0. The molecule has 22 heteroatoms. The van der Waals surface area contributed by atoms with E-state index in [1.807, 2.05) is 0 Å². The Labute approximate surface area is 159 Å². The largest absolute Gasteiger partial charge is 0.595 e. The average molecular weight is 428 g/mol.